The van der Waals surface area contributed by atoms with Crippen molar-refractivity contribution < 1.29 is 9.53 Å². The van der Waals surface area contributed by atoms with Crippen molar-refractivity contribution >= 4 is 28.5 Å². The molecule has 0 fully saturated rings. The highest BCUT2D eigenvalue weighted by Gasteiger charge is 2.10. The fourth-order valence-corrected chi connectivity index (χ4v) is 3.16. The molecule has 0 bridgehead atoms. The monoisotopic (exact) mass is 384 g/mol. The number of carbonyl (C=O) groups is 1. The van der Waals surface area contributed by atoms with Gasteiger partial charge in [-0.05, 0) is 66.9 Å². The van der Waals surface area contributed by atoms with E-state index in [0.29, 0.717) is 11.5 Å². The van der Waals surface area contributed by atoms with Crippen molar-refractivity contribution in [3.63, 3.8) is 0 Å². The second-order valence-electron chi connectivity index (χ2n) is 6.81. The molecule has 6 nitrogen and oxygen atoms in total. The standard InChI is InChI=1S/C23H20N4O2/c1-14-9-18(16-5-4-6-17(10-16)22(28)29-3)11-19-12-25-23(27-21(14)19)26-20-8-7-15(2)24-13-20/h4-13H,1-3H3,(H,25,26,27). The summed E-state index contributed by atoms with van der Waals surface area (Å²) in [6.07, 6.45) is 3.56. The van der Waals surface area contributed by atoms with E-state index in [1.54, 1.807) is 18.5 Å². The lowest BCUT2D eigenvalue weighted by Gasteiger charge is -2.10. The molecule has 4 aromatic rings. The highest BCUT2D eigenvalue weighted by atomic mass is 16.5. The van der Waals surface area contributed by atoms with Crippen LogP contribution in [0.25, 0.3) is 22.0 Å². The first kappa shape index (κ1) is 18.6. The maximum Gasteiger partial charge on any atom is 0.337 e. The van der Waals surface area contributed by atoms with Gasteiger partial charge in [-0.1, -0.05) is 12.1 Å². The summed E-state index contributed by atoms with van der Waals surface area (Å²) in [4.78, 5) is 25.2. The zero-order valence-electron chi connectivity index (χ0n) is 16.4. The molecule has 0 saturated heterocycles. The first-order valence-corrected chi connectivity index (χ1v) is 9.19. The molecule has 29 heavy (non-hydrogen) atoms. The predicted octanol–water partition coefficient (Wildman–Crippen LogP) is 4.84. The van der Waals surface area contributed by atoms with Gasteiger partial charge in [-0.15, -0.1) is 0 Å². The molecule has 2 aromatic carbocycles. The van der Waals surface area contributed by atoms with Crippen LogP contribution in [-0.4, -0.2) is 28.0 Å². The second-order valence-corrected chi connectivity index (χ2v) is 6.81. The number of nitrogens with one attached hydrogen (secondary N) is 1. The molecule has 0 amide bonds. The lowest BCUT2D eigenvalue weighted by atomic mass is 9.99. The van der Waals surface area contributed by atoms with Crippen LogP contribution in [0, 0.1) is 13.8 Å². The number of methoxy groups -OCH3 is 1. The number of nitrogens with zero attached hydrogens (tertiary/aromatic N) is 3. The van der Waals surface area contributed by atoms with Crippen LogP contribution in [0.3, 0.4) is 0 Å². The van der Waals surface area contributed by atoms with Crippen LogP contribution in [0.2, 0.25) is 0 Å². The number of aromatic nitrogens is 3. The third kappa shape index (κ3) is 3.91. The summed E-state index contributed by atoms with van der Waals surface area (Å²) in [5, 5.41) is 4.11. The molecule has 6 heteroatoms. The molecule has 4 rings (SSSR count). The molecule has 0 aliphatic carbocycles. The van der Waals surface area contributed by atoms with Crippen molar-refractivity contribution in [1.82, 2.24) is 15.0 Å². The number of anilines is 2. The molecule has 0 aliphatic heterocycles. The van der Waals surface area contributed by atoms with Gasteiger partial charge in [0.25, 0.3) is 0 Å². The molecule has 0 radical (unpaired) electrons. The minimum absolute atomic E-state index is 0.353. The summed E-state index contributed by atoms with van der Waals surface area (Å²) >= 11 is 0. The molecular formula is C23H20N4O2. The summed E-state index contributed by atoms with van der Waals surface area (Å²) < 4.78 is 4.82. The maximum atomic E-state index is 11.8. The molecule has 0 unspecified atom stereocenters. The number of rotatable bonds is 4. The minimum Gasteiger partial charge on any atom is -0.465 e. The van der Waals surface area contributed by atoms with Gasteiger partial charge in [0.15, 0.2) is 0 Å². The fourth-order valence-electron chi connectivity index (χ4n) is 3.16. The Balaban J connectivity index is 1.69. The predicted molar refractivity (Wildman–Crippen MR) is 113 cm³/mol. The number of hydrogen-bond donors (Lipinski definition) is 1. The Morgan fingerprint density at radius 1 is 0.966 bits per heavy atom. The minimum atomic E-state index is -0.353. The van der Waals surface area contributed by atoms with Crippen LogP contribution in [0.15, 0.2) is 60.9 Å². The third-order valence-electron chi connectivity index (χ3n) is 4.66. The van der Waals surface area contributed by atoms with E-state index in [4.69, 9.17) is 4.74 Å². The van der Waals surface area contributed by atoms with Crippen molar-refractivity contribution in [3.05, 3.63) is 77.7 Å². The first-order valence-electron chi connectivity index (χ1n) is 9.19. The van der Waals surface area contributed by atoms with Gasteiger partial charge < -0.3 is 10.1 Å². The summed E-state index contributed by atoms with van der Waals surface area (Å²) in [6.45, 7) is 3.96. The van der Waals surface area contributed by atoms with Crippen LogP contribution in [0.1, 0.15) is 21.6 Å². The van der Waals surface area contributed by atoms with Crippen LogP contribution >= 0.6 is 0 Å². The summed E-state index contributed by atoms with van der Waals surface area (Å²) in [7, 11) is 1.38. The highest BCUT2D eigenvalue weighted by molar-refractivity contribution is 5.92. The van der Waals surface area contributed by atoms with Crippen molar-refractivity contribution in [1.29, 1.82) is 0 Å². The van der Waals surface area contributed by atoms with Gasteiger partial charge in [0, 0.05) is 17.3 Å². The molecule has 1 N–H and O–H groups in total. The molecule has 0 atom stereocenters. The molecule has 0 spiro atoms. The summed E-state index contributed by atoms with van der Waals surface area (Å²) in [5.74, 6) is 0.167. The van der Waals surface area contributed by atoms with E-state index < -0.39 is 0 Å². The quantitative estimate of drug-likeness (QED) is 0.508. The zero-order valence-corrected chi connectivity index (χ0v) is 16.4. The molecule has 0 saturated carbocycles. The Bertz CT molecular complexity index is 1200. The van der Waals surface area contributed by atoms with E-state index in [2.05, 4.69) is 26.3 Å². The number of benzene rings is 2. The van der Waals surface area contributed by atoms with Crippen molar-refractivity contribution in [2.45, 2.75) is 13.8 Å². The molecular weight excluding hydrogens is 364 g/mol. The van der Waals surface area contributed by atoms with E-state index in [1.165, 1.54) is 7.11 Å². The van der Waals surface area contributed by atoms with E-state index >= 15 is 0 Å². The largest absolute Gasteiger partial charge is 0.465 e. The molecule has 2 heterocycles. The van der Waals surface area contributed by atoms with E-state index in [9.17, 15) is 4.79 Å². The Morgan fingerprint density at radius 3 is 2.59 bits per heavy atom. The van der Waals surface area contributed by atoms with Gasteiger partial charge in [0.1, 0.15) is 0 Å². The average Bonchev–Trinajstić information content (AvgIpc) is 2.75. The summed E-state index contributed by atoms with van der Waals surface area (Å²) in [5.41, 5.74) is 6.13. The van der Waals surface area contributed by atoms with Crippen LogP contribution < -0.4 is 5.32 Å². The van der Waals surface area contributed by atoms with E-state index in [0.717, 1.165) is 39.0 Å². The fraction of sp³-hybridized carbons (Fsp3) is 0.130. The number of fused-ring (bicyclic) bond motifs is 1. The second kappa shape index (κ2) is 7.67. The third-order valence-corrected chi connectivity index (χ3v) is 4.66. The van der Waals surface area contributed by atoms with Crippen molar-refractivity contribution in [3.8, 4) is 11.1 Å². The van der Waals surface area contributed by atoms with Gasteiger partial charge in [0.05, 0.1) is 30.1 Å². The normalized spacial score (nSPS) is 10.7. The Morgan fingerprint density at radius 2 is 1.83 bits per heavy atom. The lowest BCUT2D eigenvalue weighted by Crippen LogP contribution is -2.01. The number of carbonyl (C=O) groups excluding carboxylic acids is 1. The van der Waals surface area contributed by atoms with Gasteiger partial charge >= 0.3 is 5.97 Å². The van der Waals surface area contributed by atoms with Gasteiger partial charge in [-0.3, -0.25) is 4.98 Å². The van der Waals surface area contributed by atoms with E-state index in [1.807, 2.05) is 50.2 Å². The summed E-state index contributed by atoms with van der Waals surface area (Å²) in [6, 6.07) is 15.3. The number of hydrogen-bond acceptors (Lipinski definition) is 6. The topological polar surface area (TPSA) is 77.0 Å². The zero-order chi connectivity index (χ0) is 20.4. The van der Waals surface area contributed by atoms with Crippen molar-refractivity contribution in [2.24, 2.45) is 0 Å². The van der Waals surface area contributed by atoms with E-state index in [-0.39, 0.29) is 5.97 Å². The smallest absolute Gasteiger partial charge is 0.337 e. The Kier molecular flexibility index (Phi) is 4.91. The molecule has 144 valence electrons. The number of esters is 1. The lowest BCUT2D eigenvalue weighted by molar-refractivity contribution is 0.0601. The first-order chi connectivity index (χ1) is 14.0. The van der Waals surface area contributed by atoms with Gasteiger partial charge in [0.2, 0.25) is 5.95 Å². The average molecular weight is 384 g/mol. The van der Waals surface area contributed by atoms with Crippen LogP contribution in [-0.2, 0) is 4.74 Å². The number of ether oxygens (including phenoxy) is 1. The van der Waals surface area contributed by atoms with Gasteiger partial charge in [-0.25, -0.2) is 14.8 Å². The number of pyridine rings is 1. The Hall–Kier alpha value is -3.80. The van der Waals surface area contributed by atoms with Crippen molar-refractivity contribution in [2.75, 3.05) is 12.4 Å². The van der Waals surface area contributed by atoms with Gasteiger partial charge in [-0.2, -0.15) is 0 Å². The number of aryl methyl sites for hydroxylation is 2. The Labute approximate surface area is 168 Å². The molecule has 2 aromatic heterocycles. The van der Waals surface area contributed by atoms with Crippen LogP contribution in [0.4, 0.5) is 11.6 Å². The SMILES string of the molecule is COC(=O)c1cccc(-c2cc(C)c3nc(Nc4ccc(C)nc4)ncc3c2)c1. The van der Waals surface area contributed by atoms with Crippen LogP contribution in [0.5, 0.6) is 0 Å². The maximum absolute atomic E-state index is 11.8. The highest BCUT2D eigenvalue weighted by Crippen LogP contribution is 2.28. The molecule has 0 aliphatic rings.